The fraction of sp³-hybridized carbons (Fsp3) is 1.00. The van der Waals surface area contributed by atoms with E-state index in [2.05, 4.69) is 11.2 Å². The molecule has 0 radical (unpaired) electrons. The topological polar surface area (TPSA) is 20.3 Å². The van der Waals surface area contributed by atoms with E-state index in [1.54, 1.807) is 0 Å². The van der Waals surface area contributed by atoms with Gasteiger partial charge in [-0.3, -0.25) is 4.21 Å². The molecule has 11 heavy (non-hydrogen) atoms. The molecular formula is C7H15NOS2. The molecule has 66 valence electrons. The standard InChI is InChI=1S/C7H15NOS2/c1-10-5-2-8-3-6-11(9)7-4-8/h2-7H2,1H3. The smallest absolute Gasteiger partial charge is 0.0363 e. The fourth-order valence-corrected chi connectivity index (χ4v) is 2.69. The normalized spacial score (nSPS) is 22.3. The Morgan fingerprint density at radius 1 is 1.45 bits per heavy atom. The molecule has 0 atom stereocenters. The summed E-state index contributed by atoms with van der Waals surface area (Å²) in [6.07, 6.45) is 2.13. The van der Waals surface area contributed by atoms with Gasteiger partial charge in [0.1, 0.15) is 0 Å². The Kier molecular flexibility index (Phi) is 4.48. The van der Waals surface area contributed by atoms with E-state index in [1.807, 2.05) is 11.8 Å². The van der Waals surface area contributed by atoms with Crippen LogP contribution in [0.15, 0.2) is 0 Å². The summed E-state index contributed by atoms with van der Waals surface area (Å²) in [5, 5.41) is 0. The maximum Gasteiger partial charge on any atom is 0.0363 e. The van der Waals surface area contributed by atoms with Crippen LogP contribution in [0.3, 0.4) is 0 Å². The second-order valence-electron chi connectivity index (χ2n) is 2.68. The third-order valence-corrected chi connectivity index (χ3v) is 3.75. The molecule has 0 aliphatic carbocycles. The zero-order valence-corrected chi connectivity index (χ0v) is 8.55. The molecule has 0 saturated carbocycles. The number of hydrogen-bond acceptors (Lipinski definition) is 3. The Hall–Kier alpha value is 0.460. The predicted octanol–water partition coefficient (Wildman–Crippen LogP) is 0.414. The van der Waals surface area contributed by atoms with E-state index in [1.165, 1.54) is 12.3 Å². The van der Waals surface area contributed by atoms with Gasteiger partial charge >= 0.3 is 0 Å². The summed E-state index contributed by atoms with van der Waals surface area (Å²) < 4.78 is 11.0. The van der Waals surface area contributed by atoms with Crippen molar-refractivity contribution in [1.29, 1.82) is 0 Å². The Balaban J connectivity index is 2.12. The minimum atomic E-state index is -0.515. The highest BCUT2D eigenvalue weighted by molar-refractivity contribution is 7.98. The van der Waals surface area contributed by atoms with Crippen molar-refractivity contribution >= 4 is 22.6 Å². The first-order valence-corrected chi connectivity index (χ1v) is 6.77. The van der Waals surface area contributed by atoms with Crippen LogP contribution in [0.25, 0.3) is 0 Å². The van der Waals surface area contributed by atoms with Crippen molar-refractivity contribution in [3.63, 3.8) is 0 Å². The molecule has 2 nitrogen and oxygen atoms in total. The SMILES string of the molecule is CSCCN1CCS(=O)CC1. The third kappa shape index (κ3) is 3.58. The molecule has 0 unspecified atom stereocenters. The van der Waals surface area contributed by atoms with Gasteiger partial charge in [-0.1, -0.05) is 0 Å². The number of rotatable bonds is 3. The van der Waals surface area contributed by atoms with Crippen LogP contribution in [-0.2, 0) is 10.8 Å². The Labute approximate surface area is 75.2 Å². The lowest BCUT2D eigenvalue weighted by molar-refractivity contribution is 0.319. The minimum absolute atomic E-state index is 0.515. The molecule has 1 saturated heterocycles. The second kappa shape index (κ2) is 5.17. The van der Waals surface area contributed by atoms with E-state index in [-0.39, 0.29) is 0 Å². The van der Waals surface area contributed by atoms with Crippen molar-refractivity contribution in [3.8, 4) is 0 Å². The van der Waals surface area contributed by atoms with Crippen molar-refractivity contribution in [3.05, 3.63) is 0 Å². The largest absolute Gasteiger partial charge is 0.301 e. The van der Waals surface area contributed by atoms with Crippen molar-refractivity contribution in [2.24, 2.45) is 0 Å². The quantitative estimate of drug-likeness (QED) is 0.648. The number of hydrogen-bond donors (Lipinski definition) is 0. The van der Waals surface area contributed by atoms with Crippen LogP contribution in [-0.4, -0.2) is 52.3 Å². The summed E-state index contributed by atoms with van der Waals surface area (Å²) in [7, 11) is -0.515. The highest BCUT2D eigenvalue weighted by atomic mass is 32.2. The maximum atomic E-state index is 11.0. The highest BCUT2D eigenvalue weighted by Gasteiger charge is 2.13. The van der Waals surface area contributed by atoms with Gasteiger partial charge in [0.15, 0.2) is 0 Å². The van der Waals surface area contributed by atoms with E-state index >= 15 is 0 Å². The van der Waals surface area contributed by atoms with Gasteiger partial charge < -0.3 is 4.90 Å². The van der Waals surface area contributed by atoms with Crippen molar-refractivity contribution < 1.29 is 4.21 Å². The van der Waals surface area contributed by atoms with Crippen molar-refractivity contribution in [1.82, 2.24) is 4.90 Å². The zero-order chi connectivity index (χ0) is 8.10. The molecule has 0 aromatic rings. The van der Waals surface area contributed by atoms with Gasteiger partial charge in [-0.15, -0.1) is 0 Å². The molecule has 4 heteroatoms. The first-order chi connectivity index (χ1) is 5.33. The molecule has 1 aliphatic rings. The first kappa shape index (κ1) is 9.55. The summed E-state index contributed by atoms with van der Waals surface area (Å²) in [6.45, 7) is 3.23. The average Bonchev–Trinajstić information content (AvgIpc) is 2.04. The molecule has 1 rings (SSSR count). The highest BCUT2D eigenvalue weighted by Crippen LogP contribution is 2.01. The summed E-state index contributed by atoms with van der Waals surface area (Å²) in [5.41, 5.74) is 0. The summed E-state index contributed by atoms with van der Waals surface area (Å²) >= 11 is 1.88. The molecule has 0 aromatic heterocycles. The molecule has 0 spiro atoms. The van der Waals surface area contributed by atoms with Crippen LogP contribution in [0, 0.1) is 0 Å². The Morgan fingerprint density at radius 3 is 2.64 bits per heavy atom. The van der Waals surface area contributed by atoms with Gasteiger partial charge in [0.25, 0.3) is 0 Å². The van der Waals surface area contributed by atoms with Crippen LogP contribution in [0.4, 0.5) is 0 Å². The van der Waals surface area contributed by atoms with Crippen molar-refractivity contribution in [2.75, 3.05) is 43.1 Å². The van der Waals surface area contributed by atoms with Gasteiger partial charge in [-0.25, -0.2) is 0 Å². The zero-order valence-electron chi connectivity index (χ0n) is 6.91. The summed E-state index contributed by atoms with van der Waals surface area (Å²) in [5.74, 6) is 2.97. The van der Waals surface area contributed by atoms with E-state index in [0.29, 0.717) is 0 Å². The van der Waals surface area contributed by atoms with Crippen LogP contribution < -0.4 is 0 Å². The van der Waals surface area contributed by atoms with Crippen LogP contribution in [0.1, 0.15) is 0 Å². The third-order valence-electron chi connectivity index (χ3n) is 1.88. The Morgan fingerprint density at radius 2 is 2.09 bits per heavy atom. The van der Waals surface area contributed by atoms with E-state index in [4.69, 9.17) is 0 Å². The van der Waals surface area contributed by atoms with Crippen LogP contribution in [0.2, 0.25) is 0 Å². The lowest BCUT2D eigenvalue weighted by atomic mass is 10.5. The molecule has 1 aliphatic heterocycles. The molecular weight excluding hydrogens is 178 g/mol. The van der Waals surface area contributed by atoms with E-state index < -0.39 is 10.8 Å². The van der Waals surface area contributed by atoms with Gasteiger partial charge in [-0.2, -0.15) is 11.8 Å². The van der Waals surface area contributed by atoms with Gasteiger partial charge in [0.05, 0.1) is 0 Å². The second-order valence-corrected chi connectivity index (χ2v) is 5.36. The summed E-state index contributed by atoms with van der Waals surface area (Å²) in [6, 6.07) is 0. The maximum absolute atomic E-state index is 11.0. The van der Waals surface area contributed by atoms with Gasteiger partial charge in [0, 0.05) is 47.7 Å². The average molecular weight is 193 g/mol. The lowest BCUT2D eigenvalue weighted by Gasteiger charge is -2.25. The molecule has 0 N–H and O–H groups in total. The van der Waals surface area contributed by atoms with Gasteiger partial charge in [-0.05, 0) is 6.26 Å². The summed E-state index contributed by atoms with van der Waals surface area (Å²) in [4.78, 5) is 2.40. The molecule has 0 aromatic carbocycles. The molecule has 0 amide bonds. The first-order valence-electron chi connectivity index (χ1n) is 3.89. The number of thioether (sulfide) groups is 1. The van der Waals surface area contributed by atoms with Crippen molar-refractivity contribution in [2.45, 2.75) is 0 Å². The molecule has 0 bridgehead atoms. The molecule has 1 heterocycles. The Bertz CT molecular complexity index is 130. The van der Waals surface area contributed by atoms with E-state index in [0.717, 1.165) is 24.6 Å². The molecule has 1 fully saturated rings. The number of nitrogens with zero attached hydrogens (tertiary/aromatic N) is 1. The van der Waals surface area contributed by atoms with E-state index in [9.17, 15) is 4.21 Å². The van der Waals surface area contributed by atoms with Crippen LogP contribution in [0.5, 0.6) is 0 Å². The monoisotopic (exact) mass is 193 g/mol. The minimum Gasteiger partial charge on any atom is -0.301 e. The predicted molar refractivity (Wildman–Crippen MR) is 52.7 cm³/mol. The lowest BCUT2D eigenvalue weighted by Crippen LogP contribution is -2.38. The fourth-order valence-electron chi connectivity index (χ4n) is 1.12. The van der Waals surface area contributed by atoms with Gasteiger partial charge in [0.2, 0.25) is 0 Å². The van der Waals surface area contributed by atoms with Crippen LogP contribution >= 0.6 is 11.8 Å².